The van der Waals surface area contributed by atoms with Gasteiger partial charge in [0, 0.05) is 15.4 Å². The van der Waals surface area contributed by atoms with Gasteiger partial charge in [-0.15, -0.1) is 0 Å². The number of aliphatic hydroxyl groups is 1. The SMILES string of the molecule is CC(CO)(NC(=O)c1cc2cc(Br)ccc2[nH]1)C1CC1. The maximum absolute atomic E-state index is 12.3. The molecule has 1 atom stereocenters. The van der Waals surface area contributed by atoms with E-state index in [2.05, 4.69) is 26.2 Å². The summed E-state index contributed by atoms with van der Waals surface area (Å²) >= 11 is 3.42. The van der Waals surface area contributed by atoms with Gasteiger partial charge in [0.15, 0.2) is 0 Å². The van der Waals surface area contributed by atoms with Crippen molar-refractivity contribution in [3.05, 3.63) is 34.4 Å². The van der Waals surface area contributed by atoms with Gasteiger partial charge in [-0.05, 0) is 49.9 Å². The van der Waals surface area contributed by atoms with E-state index >= 15 is 0 Å². The molecule has 1 aliphatic rings. The fourth-order valence-electron chi connectivity index (χ4n) is 2.54. The number of amides is 1. The van der Waals surface area contributed by atoms with Crippen LogP contribution in [-0.4, -0.2) is 28.1 Å². The maximum atomic E-state index is 12.3. The lowest BCUT2D eigenvalue weighted by molar-refractivity contribution is 0.0820. The third kappa shape index (κ3) is 2.47. The summed E-state index contributed by atoms with van der Waals surface area (Å²) in [6.07, 6.45) is 2.13. The number of carbonyl (C=O) groups excluding carboxylic acids is 1. The average Bonchev–Trinajstić information content (AvgIpc) is 3.19. The van der Waals surface area contributed by atoms with E-state index < -0.39 is 5.54 Å². The van der Waals surface area contributed by atoms with E-state index in [9.17, 15) is 9.90 Å². The Balaban J connectivity index is 1.85. The number of aromatic nitrogens is 1. The Kier molecular flexibility index (Phi) is 3.34. The van der Waals surface area contributed by atoms with E-state index in [0.717, 1.165) is 28.2 Å². The van der Waals surface area contributed by atoms with E-state index in [0.29, 0.717) is 11.6 Å². The Morgan fingerprint density at radius 3 is 2.90 bits per heavy atom. The molecule has 106 valence electrons. The third-order valence-corrected chi connectivity index (χ3v) is 4.53. The molecule has 0 aliphatic heterocycles. The third-order valence-electron chi connectivity index (χ3n) is 4.03. The Hall–Kier alpha value is -1.33. The molecule has 1 amide bonds. The average molecular weight is 337 g/mol. The molecule has 3 N–H and O–H groups in total. The van der Waals surface area contributed by atoms with Crippen LogP contribution >= 0.6 is 15.9 Å². The molecular weight excluding hydrogens is 320 g/mol. The first-order valence-corrected chi connectivity index (χ1v) is 7.53. The molecule has 20 heavy (non-hydrogen) atoms. The molecule has 1 heterocycles. The zero-order chi connectivity index (χ0) is 14.3. The summed E-state index contributed by atoms with van der Waals surface area (Å²) in [5, 5.41) is 13.5. The van der Waals surface area contributed by atoms with E-state index in [-0.39, 0.29) is 12.5 Å². The molecule has 1 aromatic heterocycles. The van der Waals surface area contributed by atoms with Crippen LogP contribution in [0.3, 0.4) is 0 Å². The lowest BCUT2D eigenvalue weighted by Gasteiger charge is -2.28. The van der Waals surface area contributed by atoms with Crippen molar-refractivity contribution in [1.29, 1.82) is 0 Å². The van der Waals surface area contributed by atoms with Crippen LogP contribution < -0.4 is 5.32 Å². The van der Waals surface area contributed by atoms with Crippen LogP contribution in [0.4, 0.5) is 0 Å². The minimum absolute atomic E-state index is 0.0326. The van der Waals surface area contributed by atoms with Gasteiger partial charge < -0.3 is 15.4 Å². The van der Waals surface area contributed by atoms with Crippen LogP contribution in [0.5, 0.6) is 0 Å². The summed E-state index contributed by atoms with van der Waals surface area (Å²) in [6.45, 7) is 1.87. The zero-order valence-electron chi connectivity index (χ0n) is 11.2. The molecule has 0 spiro atoms. The normalized spacial score (nSPS) is 17.9. The lowest BCUT2D eigenvalue weighted by Crippen LogP contribution is -2.50. The number of benzene rings is 1. The van der Waals surface area contributed by atoms with Gasteiger partial charge in [0.2, 0.25) is 0 Å². The van der Waals surface area contributed by atoms with Crippen molar-refractivity contribution in [3.63, 3.8) is 0 Å². The first-order valence-electron chi connectivity index (χ1n) is 6.73. The fourth-order valence-corrected chi connectivity index (χ4v) is 2.92. The monoisotopic (exact) mass is 336 g/mol. The largest absolute Gasteiger partial charge is 0.394 e. The van der Waals surface area contributed by atoms with Crippen LogP contribution in [-0.2, 0) is 0 Å². The van der Waals surface area contributed by atoms with Gasteiger partial charge in [-0.3, -0.25) is 4.79 Å². The van der Waals surface area contributed by atoms with Gasteiger partial charge >= 0.3 is 0 Å². The minimum atomic E-state index is -0.519. The number of carbonyl (C=O) groups is 1. The smallest absolute Gasteiger partial charge is 0.268 e. The second kappa shape index (κ2) is 4.90. The summed E-state index contributed by atoms with van der Waals surface area (Å²) in [5.74, 6) is 0.218. The van der Waals surface area contributed by atoms with Gasteiger partial charge in [0.1, 0.15) is 5.69 Å². The molecule has 1 aromatic carbocycles. The molecule has 3 rings (SSSR count). The summed E-state index contributed by atoms with van der Waals surface area (Å²) in [5.41, 5.74) is 0.934. The van der Waals surface area contributed by atoms with Crippen molar-refractivity contribution in [1.82, 2.24) is 10.3 Å². The number of halogens is 1. The number of rotatable bonds is 4. The molecule has 1 fully saturated rings. The van der Waals surface area contributed by atoms with Crippen molar-refractivity contribution in [2.24, 2.45) is 5.92 Å². The highest BCUT2D eigenvalue weighted by Crippen LogP contribution is 2.39. The van der Waals surface area contributed by atoms with Gasteiger partial charge in [-0.1, -0.05) is 15.9 Å². The lowest BCUT2D eigenvalue weighted by atomic mass is 9.97. The number of hydrogen-bond acceptors (Lipinski definition) is 2. The van der Waals surface area contributed by atoms with Crippen LogP contribution in [0.25, 0.3) is 10.9 Å². The molecular formula is C15H17BrN2O2. The molecule has 1 unspecified atom stereocenters. The standard InChI is InChI=1S/C15H17BrN2O2/c1-15(8-19,10-2-3-10)18-14(20)13-7-9-6-11(16)4-5-12(9)17-13/h4-7,10,17,19H,2-3,8H2,1H3,(H,18,20). The first-order chi connectivity index (χ1) is 9.51. The first kappa shape index (κ1) is 13.6. The Labute approximate surface area is 125 Å². The van der Waals surface area contributed by atoms with Crippen molar-refractivity contribution in [2.45, 2.75) is 25.3 Å². The fraction of sp³-hybridized carbons (Fsp3) is 0.400. The summed E-state index contributed by atoms with van der Waals surface area (Å²) in [4.78, 5) is 15.5. The molecule has 0 bridgehead atoms. The molecule has 0 saturated heterocycles. The number of H-pyrrole nitrogens is 1. The molecule has 1 saturated carbocycles. The van der Waals surface area contributed by atoms with E-state index in [1.807, 2.05) is 31.2 Å². The molecule has 2 aromatic rings. The van der Waals surface area contributed by atoms with Crippen molar-refractivity contribution in [2.75, 3.05) is 6.61 Å². The van der Waals surface area contributed by atoms with Crippen LogP contribution in [0.15, 0.2) is 28.7 Å². The van der Waals surface area contributed by atoms with Gasteiger partial charge in [-0.25, -0.2) is 0 Å². The molecule has 5 heteroatoms. The van der Waals surface area contributed by atoms with Gasteiger partial charge in [0.25, 0.3) is 5.91 Å². The Morgan fingerprint density at radius 2 is 2.25 bits per heavy atom. The number of aromatic amines is 1. The quantitative estimate of drug-likeness (QED) is 0.803. The second-order valence-electron chi connectivity index (χ2n) is 5.72. The Bertz CT molecular complexity index is 663. The van der Waals surface area contributed by atoms with Crippen LogP contribution in [0.2, 0.25) is 0 Å². The zero-order valence-corrected chi connectivity index (χ0v) is 12.8. The maximum Gasteiger partial charge on any atom is 0.268 e. The second-order valence-corrected chi connectivity index (χ2v) is 6.63. The van der Waals surface area contributed by atoms with Crippen molar-refractivity contribution >= 4 is 32.7 Å². The summed E-state index contributed by atoms with van der Waals surface area (Å²) in [7, 11) is 0. The minimum Gasteiger partial charge on any atom is -0.394 e. The van der Waals surface area contributed by atoms with Crippen molar-refractivity contribution in [3.8, 4) is 0 Å². The highest BCUT2D eigenvalue weighted by Gasteiger charge is 2.42. The topological polar surface area (TPSA) is 65.1 Å². The predicted octanol–water partition coefficient (Wildman–Crippen LogP) is 2.82. The predicted molar refractivity (Wildman–Crippen MR) is 81.7 cm³/mol. The highest BCUT2D eigenvalue weighted by molar-refractivity contribution is 9.10. The van der Waals surface area contributed by atoms with E-state index in [4.69, 9.17) is 0 Å². The van der Waals surface area contributed by atoms with E-state index in [1.54, 1.807) is 0 Å². The van der Waals surface area contributed by atoms with E-state index in [1.165, 1.54) is 0 Å². The number of nitrogens with one attached hydrogen (secondary N) is 2. The van der Waals surface area contributed by atoms with Crippen LogP contribution in [0, 0.1) is 5.92 Å². The van der Waals surface area contributed by atoms with Crippen molar-refractivity contribution < 1.29 is 9.90 Å². The highest BCUT2D eigenvalue weighted by atomic mass is 79.9. The number of hydrogen-bond donors (Lipinski definition) is 3. The number of fused-ring (bicyclic) bond motifs is 1. The van der Waals surface area contributed by atoms with Crippen LogP contribution in [0.1, 0.15) is 30.3 Å². The summed E-state index contributed by atoms with van der Waals surface area (Å²) < 4.78 is 0.981. The van der Waals surface area contributed by atoms with Gasteiger partial charge in [0.05, 0.1) is 12.1 Å². The molecule has 0 radical (unpaired) electrons. The summed E-state index contributed by atoms with van der Waals surface area (Å²) in [6, 6.07) is 7.67. The number of aliphatic hydroxyl groups excluding tert-OH is 1. The molecule has 1 aliphatic carbocycles. The molecule has 4 nitrogen and oxygen atoms in total. The van der Waals surface area contributed by atoms with Gasteiger partial charge in [-0.2, -0.15) is 0 Å². The Morgan fingerprint density at radius 1 is 1.50 bits per heavy atom.